The molecule has 6 heteroatoms. The molecule has 0 spiro atoms. The van der Waals surface area contributed by atoms with Crippen LogP contribution < -0.4 is 4.74 Å². The summed E-state index contributed by atoms with van der Waals surface area (Å²) in [7, 11) is 1.55. The number of Topliss-reactive ketones (excluding diaryl/α,β-unsaturated/α-hetero) is 1. The van der Waals surface area contributed by atoms with Crippen molar-refractivity contribution in [3.05, 3.63) is 41.2 Å². The summed E-state index contributed by atoms with van der Waals surface area (Å²) in [6.45, 7) is 7.13. The van der Waals surface area contributed by atoms with Gasteiger partial charge in [0.05, 0.1) is 24.8 Å². The van der Waals surface area contributed by atoms with Gasteiger partial charge in [-0.3, -0.25) is 9.59 Å². The van der Waals surface area contributed by atoms with E-state index in [9.17, 15) is 14.7 Å². The van der Waals surface area contributed by atoms with Crippen molar-refractivity contribution in [2.45, 2.75) is 39.7 Å². The van der Waals surface area contributed by atoms with Crippen molar-refractivity contribution < 1.29 is 24.2 Å². The van der Waals surface area contributed by atoms with E-state index in [1.807, 2.05) is 45.0 Å². The van der Waals surface area contributed by atoms with Gasteiger partial charge in [-0.15, -0.1) is 0 Å². The number of amides is 1. The number of carbonyl (C=O) groups excluding carboxylic acids is 2. The first-order valence-electron chi connectivity index (χ1n) is 9.39. The highest BCUT2D eigenvalue weighted by Crippen LogP contribution is 2.38. The minimum Gasteiger partial charge on any atom is -0.503 e. The summed E-state index contributed by atoms with van der Waals surface area (Å²) in [6.07, 6.45) is 1.19. The van der Waals surface area contributed by atoms with E-state index in [0.717, 1.165) is 17.7 Å². The molecule has 1 aliphatic rings. The Balaban J connectivity index is 2.38. The summed E-state index contributed by atoms with van der Waals surface area (Å²) in [5.41, 5.74) is 0.937. The van der Waals surface area contributed by atoms with E-state index in [1.54, 1.807) is 7.11 Å². The Bertz CT molecular complexity index is 693. The minimum absolute atomic E-state index is 0.131. The molecule has 1 amide bonds. The average molecular weight is 375 g/mol. The summed E-state index contributed by atoms with van der Waals surface area (Å²) in [6, 6.07) is 6.71. The molecule has 27 heavy (non-hydrogen) atoms. The van der Waals surface area contributed by atoms with E-state index in [2.05, 4.69) is 0 Å². The van der Waals surface area contributed by atoms with Crippen molar-refractivity contribution in [3.63, 3.8) is 0 Å². The smallest absolute Gasteiger partial charge is 0.290 e. The highest BCUT2D eigenvalue weighted by atomic mass is 16.5. The average Bonchev–Trinajstić information content (AvgIpc) is 2.89. The summed E-state index contributed by atoms with van der Waals surface area (Å²) >= 11 is 0. The zero-order valence-corrected chi connectivity index (χ0v) is 16.5. The van der Waals surface area contributed by atoms with Crippen molar-refractivity contribution in [1.29, 1.82) is 0 Å². The van der Waals surface area contributed by atoms with Crippen LogP contribution in [0.1, 0.15) is 45.2 Å². The molecule has 0 aromatic heterocycles. The second-order valence-electron chi connectivity index (χ2n) is 7.09. The van der Waals surface area contributed by atoms with Crippen LogP contribution in [0.5, 0.6) is 5.75 Å². The Labute approximate surface area is 160 Å². The molecule has 0 aliphatic carbocycles. The number of methoxy groups -OCH3 is 1. The predicted octanol–water partition coefficient (Wildman–Crippen LogP) is 3.43. The summed E-state index contributed by atoms with van der Waals surface area (Å²) < 4.78 is 10.7. The number of ether oxygens (including phenoxy) is 2. The largest absolute Gasteiger partial charge is 0.503 e. The van der Waals surface area contributed by atoms with Crippen LogP contribution in [0.2, 0.25) is 0 Å². The minimum atomic E-state index is -0.612. The molecule has 0 bridgehead atoms. The van der Waals surface area contributed by atoms with Gasteiger partial charge in [0.15, 0.2) is 11.5 Å². The molecule has 148 valence electrons. The van der Waals surface area contributed by atoms with Crippen molar-refractivity contribution in [1.82, 2.24) is 4.90 Å². The van der Waals surface area contributed by atoms with E-state index < -0.39 is 17.7 Å². The molecule has 0 radical (unpaired) electrons. The molecule has 1 aliphatic heterocycles. The molecule has 0 fully saturated rings. The molecule has 1 unspecified atom stereocenters. The third kappa shape index (κ3) is 4.89. The van der Waals surface area contributed by atoms with Crippen LogP contribution >= 0.6 is 0 Å². The zero-order chi connectivity index (χ0) is 20.0. The standard InChI is InChI=1S/C21H29NO5/c1-5-11-27-16-8-6-15(7-9-16)19-18(17(23)13-14(2)3)20(24)21(25)22(19)10-12-26-4/h6-9,14,19,24H,5,10-13H2,1-4H3. The summed E-state index contributed by atoms with van der Waals surface area (Å²) in [5, 5.41) is 10.4. The molecule has 1 atom stereocenters. The molecule has 0 saturated heterocycles. The highest BCUT2D eigenvalue weighted by molar-refractivity contribution is 6.09. The highest BCUT2D eigenvalue weighted by Gasteiger charge is 2.43. The van der Waals surface area contributed by atoms with Gasteiger partial charge in [0.25, 0.3) is 5.91 Å². The molecule has 1 heterocycles. The Morgan fingerprint density at radius 1 is 1.22 bits per heavy atom. The van der Waals surface area contributed by atoms with Gasteiger partial charge in [0, 0.05) is 20.1 Å². The summed E-state index contributed by atoms with van der Waals surface area (Å²) in [4.78, 5) is 26.9. The SMILES string of the molecule is CCCOc1ccc(C2C(C(=O)CC(C)C)=C(O)C(=O)N2CCOC)cc1. The van der Waals surface area contributed by atoms with E-state index >= 15 is 0 Å². The molecular formula is C21H29NO5. The van der Waals surface area contributed by atoms with Gasteiger partial charge < -0.3 is 19.5 Å². The fourth-order valence-corrected chi connectivity index (χ4v) is 3.15. The molecule has 1 aromatic carbocycles. The lowest BCUT2D eigenvalue weighted by Crippen LogP contribution is -2.34. The molecule has 0 saturated carbocycles. The number of nitrogens with zero attached hydrogens (tertiary/aromatic N) is 1. The first-order valence-corrected chi connectivity index (χ1v) is 9.39. The molecule has 6 nitrogen and oxygen atoms in total. The normalized spacial score (nSPS) is 17.1. The van der Waals surface area contributed by atoms with Crippen LogP contribution in [-0.2, 0) is 14.3 Å². The first kappa shape index (κ1) is 21.0. The monoisotopic (exact) mass is 375 g/mol. The molecular weight excluding hydrogens is 346 g/mol. The first-order chi connectivity index (χ1) is 12.9. The van der Waals surface area contributed by atoms with Crippen LogP contribution in [0, 0.1) is 5.92 Å². The van der Waals surface area contributed by atoms with Crippen LogP contribution in [0.15, 0.2) is 35.6 Å². The number of hydrogen-bond donors (Lipinski definition) is 1. The van der Waals surface area contributed by atoms with Gasteiger partial charge in [-0.25, -0.2) is 0 Å². The number of ketones is 1. The Morgan fingerprint density at radius 2 is 1.89 bits per heavy atom. The van der Waals surface area contributed by atoms with E-state index in [0.29, 0.717) is 13.2 Å². The molecule has 2 rings (SSSR count). The zero-order valence-electron chi connectivity index (χ0n) is 16.5. The predicted molar refractivity (Wildman–Crippen MR) is 103 cm³/mol. The number of aliphatic hydroxyl groups is 1. The third-order valence-corrected chi connectivity index (χ3v) is 4.40. The van der Waals surface area contributed by atoms with Gasteiger partial charge in [-0.2, -0.15) is 0 Å². The van der Waals surface area contributed by atoms with Gasteiger partial charge in [0.2, 0.25) is 0 Å². The van der Waals surface area contributed by atoms with Gasteiger partial charge in [-0.05, 0) is 30.0 Å². The second-order valence-corrected chi connectivity index (χ2v) is 7.09. The van der Waals surface area contributed by atoms with Gasteiger partial charge in [0.1, 0.15) is 5.75 Å². The van der Waals surface area contributed by atoms with Crippen LogP contribution in [0.4, 0.5) is 0 Å². The number of rotatable bonds is 10. The number of benzene rings is 1. The summed E-state index contributed by atoms with van der Waals surface area (Å²) in [5.74, 6) is -0.321. The van der Waals surface area contributed by atoms with Crippen molar-refractivity contribution in [2.24, 2.45) is 5.92 Å². The van der Waals surface area contributed by atoms with Crippen LogP contribution in [-0.4, -0.2) is 48.6 Å². The Hall–Kier alpha value is -2.34. The fourth-order valence-electron chi connectivity index (χ4n) is 3.15. The lowest BCUT2D eigenvalue weighted by atomic mass is 9.92. The van der Waals surface area contributed by atoms with Crippen LogP contribution in [0.3, 0.4) is 0 Å². The van der Waals surface area contributed by atoms with Crippen molar-refractivity contribution in [3.8, 4) is 5.75 Å². The maximum absolute atomic E-state index is 12.8. The van der Waals surface area contributed by atoms with E-state index in [-0.39, 0.29) is 30.2 Å². The topological polar surface area (TPSA) is 76.1 Å². The number of hydrogen-bond acceptors (Lipinski definition) is 5. The van der Waals surface area contributed by atoms with Crippen molar-refractivity contribution >= 4 is 11.7 Å². The molecule has 1 aromatic rings. The molecule has 1 N–H and O–H groups in total. The quantitative estimate of drug-likeness (QED) is 0.678. The van der Waals surface area contributed by atoms with E-state index in [1.165, 1.54) is 4.90 Å². The number of aliphatic hydroxyl groups excluding tert-OH is 1. The van der Waals surface area contributed by atoms with Gasteiger partial charge in [-0.1, -0.05) is 32.9 Å². The van der Waals surface area contributed by atoms with Crippen LogP contribution in [0.25, 0.3) is 0 Å². The second kappa shape index (κ2) is 9.55. The third-order valence-electron chi connectivity index (χ3n) is 4.40. The lowest BCUT2D eigenvalue weighted by molar-refractivity contribution is -0.130. The van der Waals surface area contributed by atoms with Gasteiger partial charge >= 0.3 is 0 Å². The van der Waals surface area contributed by atoms with E-state index in [4.69, 9.17) is 9.47 Å². The Morgan fingerprint density at radius 3 is 2.44 bits per heavy atom. The Kier molecular flexibility index (Phi) is 7.42. The maximum Gasteiger partial charge on any atom is 0.290 e. The van der Waals surface area contributed by atoms with Crippen molar-refractivity contribution in [2.75, 3.05) is 26.9 Å². The number of carbonyl (C=O) groups is 2. The lowest BCUT2D eigenvalue weighted by Gasteiger charge is -2.27. The fraction of sp³-hybridized carbons (Fsp3) is 0.524. The maximum atomic E-state index is 12.8.